The predicted octanol–water partition coefficient (Wildman–Crippen LogP) is 3.85. The van der Waals surface area contributed by atoms with Gasteiger partial charge in [0.15, 0.2) is 0 Å². The Morgan fingerprint density at radius 1 is 1.22 bits per heavy atom. The van der Waals surface area contributed by atoms with Gasteiger partial charge in [-0.3, -0.25) is 4.79 Å². The van der Waals surface area contributed by atoms with Gasteiger partial charge in [0.25, 0.3) is 5.91 Å². The van der Waals surface area contributed by atoms with Crippen LogP contribution >= 0.6 is 0 Å². The number of aliphatic hydroxyl groups is 1. The van der Waals surface area contributed by atoms with E-state index >= 15 is 0 Å². The molecule has 1 saturated carbocycles. The number of ether oxygens (including phenoxy) is 2. The molecule has 0 spiro atoms. The lowest BCUT2D eigenvalue weighted by molar-refractivity contribution is -0.141. The van der Waals surface area contributed by atoms with Gasteiger partial charge in [-0.05, 0) is 50.8 Å². The molecule has 2 aliphatic carbocycles. The Morgan fingerprint density at radius 3 is 2.57 bits per heavy atom. The maximum atomic E-state index is 13.1. The first kappa shape index (κ1) is 26.9. The van der Waals surface area contributed by atoms with Crippen molar-refractivity contribution in [1.82, 2.24) is 15.6 Å². The molecular formula is C26H31F3N4O4. The second-order valence-electron chi connectivity index (χ2n) is 10.1. The Bertz CT molecular complexity index is 1130. The molecule has 1 aliphatic heterocycles. The monoisotopic (exact) mass is 520 g/mol. The van der Waals surface area contributed by atoms with Gasteiger partial charge in [-0.25, -0.2) is 4.98 Å². The van der Waals surface area contributed by atoms with E-state index < -0.39 is 29.1 Å². The van der Waals surface area contributed by atoms with Crippen molar-refractivity contribution in [3.8, 4) is 0 Å². The summed E-state index contributed by atoms with van der Waals surface area (Å²) in [6.45, 7) is 4.61. The van der Waals surface area contributed by atoms with E-state index in [9.17, 15) is 23.1 Å². The summed E-state index contributed by atoms with van der Waals surface area (Å²) < 4.78 is 50.7. The molecule has 0 radical (unpaired) electrons. The zero-order valence-corrected chi connectivity index (χ0v) is 20.7. The molecule has 8 nitrogen and oxygen atoms in total. The Morgan fingerprint density at radius 2 is 1.92 bits per heavy atom. The summed E-state index contributed by atoms with van der Waals surface area (Å²) in [5, 5.41) is 24.5. The van der Waals surface area contributed by atoms with Crippen LogP contribution in [0.2, 0.25) is 0 Å². The molecule has 3 aliphatic rings. The number of hydrogen-bond donors (Lipinski definition) is 4. The number of aromatic nitrogens is 1. The van der Waals surface area contributed by atoms with Gasteiger partial charge in [0, 0.05) is 36.7 Å². The van der Waals surface area contributed by atoms with Crippen LogP contribution in [-0.4, -0.2) is 52.7 Å². The third kappa shape index (κ3) is 6.78. The van der Waals surface area contributed by atoms with E-state index in [-0.39, 0.29) is 35.2 Å². The molecule has 2 heterocycles. The highest BCUT2D eigenvalue weighted by Crippen LogP contribution is 2.36. The highest BCUT2D eigenvalue weighted by molar-refractivity contribution is 6.10. The minimum absolute atomic E-state index is 0.140. The summed E-state index contributed by atoms with van der Waals surface area (Å²) in [7, 11) is 0. The summed E-state index contributed by atoms with van der Waals surface area (Å²) in [5.74, 6) is -0.398. The third-order valence-electron chi connectivity index (χ3n) is 6.75. The lowest BCUT2D eigenvalue weighted by atomic mass is 9.71. The first-order valence-electron chi connectivity index (χ1n) is 12.2. The smallest absolute Gasteiger partial charge is 0.433 e. The number of halogens is 3. The van der Waals surface area contributed by atoms with E-state index in [1.807, 2.05) is 0 Å². The average molecular weight is 521 g/mol. The van der Waals surface area contributed by atoms with Crippen molar-refractivity contribution in [3.63, 3.8) is 0 Å². The van der Waals surface area contributed by atoms with E-state index in [0.29, 0.717) is 31.6 Å². The topological polar surface area (TPSA) is 117 Å². The Kier molecular flexibility index (Phi) is 7.75. The molecule has 1 aromatic rings. The normalized spacial score (nSPS) is 24.2. The van der Waals surface area contributed by atoms with Crippen LogP contribution in [0.1, 0.15) is 55.7 Å². The molecule has 0 bridgehead atoms. The van der Waals surface area contributed by atoms with Gasteiger partial charge in [-0.1, -0.05) is 6.07 Å². The zero-order chi connectivity index (χ0) is 26.8. The number of hydrogen-bond acceptors (Lipinski definition) is 7. The van der Waals surface area contributed by atoms with Crippen LogP contribution in [0.4, 0.5) is 13.2 Å². The van der Waals surface area contributed by atoms with E-state index in [0.717, 1.165) is 25.0 Å². The van der Waals surface area contributed by atoms with Crippen LogP contribution < -0.4 is 10.6 Å². The number of allylic oxidation sites excluding steroid dienone is 3. The lowest BCUT2D eigenvalue weighted by Gasteiger charge is -2.42. The van der Waals surface area contributed by atoms with Crippen LogP contribution in [-0.2, 0) is 15.7 Å². The number of nitrogens with one attached hydrogen (secondary N) is 3. The second kappa shape index (κ2) is 10.7. The van der Waals surface area contributed by atoms with E-state index in [2.05, 4.69) is 15.6 Å². The van der Waals surface area contributed by atoms with Crippen molar-refractivity contribution in [2.75, 3.05) is 13.2 Å². The number of alkyl halides is 3. The highest BCUT2D eigenvalue weighted by atomic mass is 19.4. The number of nitrogens with zero attached hydrogens (tertiary/aromatic N) is 1. The van der Waals surface area contributed by atoms with Crippen molar-refractivity contribution >= 4 is 11.6 Å². The van der Waals surface area contributed by atoms with Crippen molar-refractivity contribution in [2.24, 2.45) is 5.92 Å². The number of pyridine rings is 1. The van der Waals surface area contributed by atoms with Gasteiger partial charge in [-0.2, -0.15) is 13.2 Å². The molecule has 200 valence electrons. The number of carbonyl (C=O) groups is 1. The first-order chi connectivity index (χ1) is 17.4. The largest absolute Gasteiger partial charge is 0.488 e. The molecule has 37 heavy (non-hydrogen) atoms. The molecule has 0 unspecified atom stereocenters. The quantitative estimate of drug-likeness (QED) is 0.434. The van der Waals surface area contributed by atoms with Crippen molar-refractivity contribution in [1.29, 1.82) is 5.41 Å². The van der Waals surface area contributed by atoms with Crippen molar-refractivity contribution in [2.45, 2.75) is 63.5 Å². The molecule has 1 amide bonds. The first-order valence-corrected chi connectivity index (χ1v) is 12.2. The molecule has 1 saturated heterocycles. The zero-order valence-electron chi connectivity index (χ0n) is 20.7. The minimum atomic E-state index is -4.68. The third-order valence-corrected chi connectivity index (χ3v) is 6.75. The summed E-state index contributed by atoms with van der Waals surface area (Å²) in [4.78, 5) is 16.3. The maximum absolute atomic E-state index is 13.1. The van der Waals surface area contributed by atoms with Crippen molar-refractivity contribution < 1.29 is 32.5 Å². The van der Waals surface area contributed by atoms with Gasteiger partial charge in [0.1, 0.15) is 23.3 Å². The molecule has 2 fully saturated rings. The van der Waals surface area contributed by atoms with Crippen molar-refractivity contribution in [3.05, 3.63) is 65.0 Å². The predicted molar refractivity (Wildman–Crippen MR) is 130 cm³/mol. The summed E-state index contributed by atoms with van der Waals surface area (Å²) in [6, 6.07) is 3.26. The van der Waals surface area contributed by atoms with Crippen LogP contribution in [0.5, 0.6) is 0 Å². The standard InChI is InChI=1S/C26H31F3N4O4/c1-25(2,35)16-11-17(12-16)31-14-15-10-21(22(13-19(15)30)37-18-6-8-36-9-7-18)33-24(34)20-4-3-5-23(32-20)26(27,28)29/h3-5,10,13-14,16-18,30-31,35H,6-9,11-12H2,1-2H3,(H,33,34)/b15-14-,30-19?. The Labute approximate surface area is 213 Å². The Balaban J connectivity index is 1.52. The maximum Gasteiger partial charge on any atom is 0.433 e. The minimum Gasteiger partial charge on any atom is -0.488 e. The fourth-order valence-electron chi connectivity index (χ4n) is 4.33. The van der Waals surface area contributed by atoms with Crippen LogP contribution in [0.25, 0.3) is 0 Å². The molecule has 11 heteroatoms. The number of amides is 1. The molecule has 0 aromatic carbocycles. The van der Waals surface area contributed by atoms with Gasteiger partial charge < -0.3 is 30.6 Å². The van der Waals surface area contributed by atoms with Crippen LogP contribution in [0, 0.1) is 11.3 Å². The molecule has 4 rings (SSSR count). The van der Waals surface area contributed by atoms with Gasteiger partial charge >= 0.3 is 6.18 Å². The van der Waals surface area contributed by atoms with E-state index in [4.69, 9.17) is 14.9 Å². The fraction of sp³-hybridized carbons (Fsp3) is 0.500. The molecular weight excluding hydrogens is 489 g/mol. The van der Waals surface area contributed by atoms with Crippen LogP contribution in [0.3, 0.4) is 0 Å². The number of rotatable bonds is 7. The number of carbonyl (C=O) groups excluding carboxylic acids is 1. The highest BCUT2D eigenvalue weighted by Gasteiger charge is 2.38. The summed E-state index contributed by atoms with van der Waals surface area (Å²) >= 11 is 0. The average Bonchev–Trinajstić information content (AvgIpc) is 2.80. The second-order valence-corrected chi connectivity index (χ2v) is 10.1. The fourth-order valence-corrected chi connectivity index (χ4v) is 4.33. The molecule has 1 aromatic heterocycles. The lowest BCUT2D eigenvalue weighted by Crippen LogP contribution is -2.48. The van der Waals surface area contributed by atoms with E-state index in [1.165, 1.54) is 12.1 Å². The summed E-state index contributed by atoms with van der Waals surface area (Å²) in [6.07, 6.45) is 2.68. The summed E-state index contributed by atoms with van der Waals surface area (Å²) in [5.41, 5.74) is -1.46. The van der Waals surface area contributed by atoms with Gasteiger partial charge in [0.2, 0.25) is 0 Å². The van der Waals surface area contributed by atoms with Gasteiger partial charge in [0.05, 0.1) is 30.2 Å². The van der Waals surface area contributed by atoms with E-state index in [1.54, 1.807) is 26.1 Å². The Hall–Kier alpha value is -3.18. The van der Waals surface area contributed by atoms with Crippen LogP contribution in [0.15, 0.2) is 53.6 Å². The molecule has 0 atom stereocenters. The van der Waals surface area contributed by atoms with Gasteiger partial charge in [-0.15, -0.1) is 0 Å². The SMILES string of the molecule is CC(C)(O)C1CC(N/C=C2/C=C(NC(=O)c3cccc(C(F)(F)F)n3)C(OC3CCOCC3)=CC2=N)C1. The molecule has 4 N–H and O–H groups in total.